The number of benzene rings is 1. The second-order valence-corrected chi connectivity index (χ2v) is 5.27. The highest BCUT2D eigenvalue weighted by molar-refractivity contribution is 6.02. The molecule has 1 heterocycles. The van der Waals surface area contributed by atoms with Crippen LogP contribution in [0.5, 0.6) is 0 Å². The van der Waals surface area contributed by atoms with Gasteiger partial charge in [0, 0.05) is 11.9 Å². The summed E-state index contributed by atoms with van der Waals surface area (Å²) in [6, 6.07) is 8.06. The number of ketones is 1. The summed E-state index contributed by atoms with van der Waals surface area (Å²) >= 11 is 0. The number of unbranched alkanes of at least 4 members (excludes halogenated alkanes) is 2. The van der Waals surface area contributed by atoms with Gasteiger partial charge < -0.3 is 5.32 Å². The van der Waals surface area contributed by atoms with Crippen LogP contribution in [-0.2, 0) is 0 Å². The van der Waals surface area contributed by atoms with Gasteiger partial charge in [0.05, 0.1) is 11.1 Å². The first-order chi connectivity index (χ1) is 9.61. The van der Waals surface area contributed by atoms with Gasteiger partial charge in [-0.1, -0.05) is 31.4 Å². The van der Waals surface area contributed by atoms with Crippen molar-refractivity contribution in [1.29, 1.82) is 0 Å². The van der Waals surface area contributed by atoms with Gasteiger partial charge in [-0.05, 0) is 38.5 Å². The van der Waals surface area contributed by atoms with Crippen LogP contribution >= 0.6 is 0 Å². The maximum Gasteiger partial charge on any atom is 0.163 e. The molecule has 2 rings (SSSR count). The van der Waals surface area contributed by atoms with E-state index in [1.165, 1.54) is 18.4 Å². The van der Waals surface area contributed by atoms with Crippen molar-refractivity contribution in [3.05, 3.63) is 35.4 Å². The van der Waals surface area contributed by atoms with Crippen LogP contribution in [0.15, 0.2) is 24.3 Å². The van der Waals surface area contributed by atoms with Gasteiger partial charge in [-0.15, -0.1) is 0 Å². The molecule has 0 radical (unpaired) electrons. The summed E-state index contributed by atoms with van der Waals surface area (Å²) < 4.78 is 0. The molecule has 0 saturated heterocycles. The molecule has 20 heavy (non-hydrogen) atoms. The Morgan fingerprint density at radius 1 is 1.25 bits per heavy atom. The minimum Gasteiger partial charge on any atom is -0.369 e. The predicted octanol–water partition coefficient (Wildman–Crippen LogP) is 4.35. The number of hydrogen-bond donors (Lipinski definition) is 1. The van der Waals surface area contributed by atoms with Gasteiger partial charge >= 0.3 is 0 Å². The van der Waals surface area contributed by atoms with Crippen LogP contribution in [0, 0.1) is 6.92 Å². The van der Waals surface area contributed by atoms with E-state index in [1.54, 1.807) is 6.92 Å². The van der Waals surface area contributed by atoms with Crippen LogP contribution in [-0.4, -0.2) is 17.3 Å². The van der Waals surface area contributed by atoms with Gasteiger partial charge in [0.15, 0.2) is 5.78 Å². The lowest BCUT2D eigenvalue weighted by molar-refractivity contribution is 0.101. The zero-order chi connectivity index (χ0) is 14.5. The van der Waals surface area contributed by atoms with Crippen molar-refractivity contribution in [2.75, 3.05) is 11.9 Å². The second-order valence-electron chi connectivity index (χ2n) is 5.27. The molecule has 0 aliphatic carbocycles. The Morgan fingerprint density at radius 2 is 2.05 bits per heavy atom. The Morgan fingerprint density at radius 3 is 2.75 bits per heavy atom. The summed E-state index contributed by atoms with van der Waals surface area (Å²) in [5.41, 5.74) is 2.79. The van der Waals surface area contributed by atoms with E-state index in [0.717, 1.165) is 23.9 Å². The lowest BCUT2D eigenvalue weighted by Crippen LogP contribution is -2.08. The van der Waals surface area contributed by atoms with Crippen molar-refractivity contribution in [2.45, 2.75) is 40.0 Å². The third-order valence-corrected chi connectivity index (χ3v) is 3.42. The summed E-state index contributed by atoms with van der Waals surface area (Å²) in [6.45, 7) is 6.68. The van der Waals surface area contributed by atoms with Gasteiger partial charge in [-0.25, -0.2) is 4.98 Å². The second kappa shape index (κ2) is 6.51. The molecule has 3 nitrogen and oxygen atoms in total. The number of pyridine rings is 1. The fraction of sp³-hybridized carbons (Fsp3) is 0.412. The molecule has 2 aromatic rings. The normalized spacial score (nSPS) is 10.8. The zero-order valence-corrected chi connectivity index (χ0v) is 12.5. The number of fused-ring (bicyclic) bond motifs is 1. The number of anilines is 1. The minimum absolute atomic E-state index is 0.0545. The van der Waals surface area contributed by atoms with Gasteiger partial charge in [0.1, 0.15) is 5.82 Å². The van der Waals surface area contributed by atoms with Crippen LogP contribution in [0.3, 0.4) is 0 Å². The summed E-state index contributed by atoms with van der Waals surface area (Å²) in [7, 11) is 0. The van der Waals surface area contributed by atoms with Gasteiger partial charge in [-0.3, -0.25) is 4.79 Å². The Bertz CT molecular complexity index is 620. The highest BCUT2D eigenvalue weighted by Crippen LogP contribution is 2.22. The van der Waals surface area contributed by atoms with Crippen LogP contribution in [0.25, 0.3) is 10.9 Å². The molecular weight excluding hydrogens is 248 g/mol. The van der Waals surface area contributed by atoms with Crippen molar-refractivity contribution >= 4 is 22.5 Å². The molecule has 0 atom stereocenters. The van der Waals surface area contributed by atoms with Crippen molar-refractivity contribution in [3.8, 4) is 0 Å². The molecule has 0 amide bonds. The molecule has 0 bridgehead atoms. The number of carbonyl (C=O) groups is 1. The van der Waals surface area contributed by atoms with Crippen molar-refractivity contribution < 1.29 is 4.79 Å². The number of nitrogens with one attached hydrogen (secondary N) is 1. The van der Waals surface area contributed by atoms with Gasteiger partial charge in [0.25, 0.3) is 0 Å². The van der Waals surface area contributed by atoms with E-state index in [2.05, 4.69) is 23.3 Å². The van der Waals surface area contributed by atoms with E-state index in [1.807, 2.05) is 25.1 Å². The number of Topliss-reactive ketones (excluding diaryl/α,β-unsaturated/α-hetero) is 1. The molecule has 3 heteroatoms. The smallest absolute Gasteiger partial charge is 0.163 e. The van der Waals surface area contributed by atoms with Crippen LogP contribution in [0.1, 0.15) is 49.0 Å². The van der Waals surface area contributed by atoms with Crippen LogP contribution in [0.2, 0.25) is 0 Å². The monoisotopic (exact) mass is 270 g/mol. The van der Waals surface area contributed by atoms with Crippen molar-refractivity contribution in [3.63, 3.8) is 0 Å². The average molecular weight is 270 g/mol. The van der Waals surface area contributed by atoms with E-state index in [4.69, 9.17) is 0 Å². The maximum absolute atomic E-state index is 11.8. The predicted molar refractivity (Wildman–Crippen MR) is 84.5 cm³/mol. The fourth-order valence-electron chi connectivity index (χ4n) is 2.28. The molecular formula is C17H22N2O. The third-order valence-electron chi connectivity index (χ3n) is 3.42. The van der Waals surface area contributed by atoms with Crippen LogP contribution < -0.4 is 5.32 Å². The van der Waals surface area contributed by atoms with Gasteiger partial charge in [0.2, 0.25) is 0 Å². The number of carbonyl (C=O) groups excluding carboxylic acids is 1. The molecule has 0 aliphatic heterocycles. The lowest BCUT2D eigenvalue weighted by Gasteiger charge is -2.11. The first-order valence-corrected chi connectivity index (χ1v) is 7.28. The Balaban J connectivity index is 2.33. The number of aryl methyl sites for hydroxylation is 1. The van der Waals surface area contributed by atoms with E-state index in [9.17, 15) is 4.79 Å². The molecule has 106 valence electrons. The molecule has 1 aromatic heterocycles. The summed E-state index contributed by atoms with van der Waals surface area (Å²) in [4.78, 5) is 16.4. The van der Waals surface area contributed by atoms with E-state index in [-0.39, 0.29) is 5.78 Å². The maximum atomic E-state index is 11.8. The number of rotatable bonds is 6. The lowest BCUT2D eigenvalue weighted by atomic mass is 10.1. The topological polar surface area (TPSA) is 42.0 Å². The fourth-order valence-corrected chi connectivity index (χ4v) is 2.28. The minimum atomic E-state index is 0.0545. The summed E-state index contributed by atoms with van der Waals surface area (Å²) in [6.07, 6.45) is 3.47. The molecule has 0 spiro atoms. The summed E-state index contributed by atoms with van der Waals surface area (Å²) in [5.74, 6) is 0.767. The summed E-state index contributed by atoms with van der Waals surface area (Å²) in [5, 5.41) is 4.33. The molecule has 1 N–H and O–H groups in total. The Kier molecular flexibility index (Phi) is 4.72. The van der Waals surface area contributed by atoms with Crippen molar-refractivity contribution in [2.24, 2.45) is 0 Å². The largest absolute Gasteiger partial charge is 0.369 e. The third kappa shape index (κ3) is 3.35. The molecule has 0 unspecified atom stereocenters. The van der Waals surface area contributed by atoms with E-state index in [0.29, 0.717) is 11.4 Å². The number of hydrogen-bond acceptors (Lipinski definition) is 3. The Hall–Kier alpha value is -1.90. The SMILES string of the molecule is CCCCCNc1nc2ccc(C)cc2cc1C(C)=O. The number of aromatic nitrogens is 1. The first-order valence-electron chi connectivity index (χ1n) is 7.28. The quantitative estimate of drug-likeness (QED) is 0.627. The molecule has 0 aliphatic rings. The Labute approximate surface area is 120 Å². The van der Waals surface area contributed by atoms with E-state index >= 15 is 0 Å². The highest BCUT2D eigenvalue weighted by Gasteiger charge is 2.10. The molecule has 0 saturated carbocycles. The molecule has 1 aromatic carbocycles. The molecule has 0 fully saturated rings. The first kappa shape index (κ1) is 14.5. The zero-order valence-electron chi connectivity index (χ0n) is 12.5. The van der Waals surface area contributed by atoms with Crippen LogP contribution in [0.4, 0.5) is 5.82 Å². The number of nitrogens with zero attached hydrogens (tertiary/aromatic N) is 1. The van der Waals surface area contributed by atoms with Gasteiger partial charge in [-0.2, -0.15) is 0 Å². The van der Waals surface area contributed by atoms with Crippen molar-refractivity contribution in [1.82, 2.24) is 4.98 Å². The standard InChI is InChI=1S/C17H22N2O/c1-4-5-6-9-18-17-15(13(3)20)11-14-10-12(2)7-8-16(14)19-17/h7-8,10-11H,4-6,9H2,1-3H3,(H,18,19). The average Bonchev–Trinajstić information content (AvgIpc) is 2.42. The highest BCUT2D eigenvalue weighted by atomic mass is 16.1. The van der Waals surface area contributed by atoms with E-state index < -0.39 is 0 Å².